The van der Waals surface area contributed by atoms with Gasteiger partial charge in [-0.15, -0.1) is 11.3 Å². The van der Waals surface area contributed by atoms with Gasteiger partial charge < -0.3 is 5.32 Å². The first-order chi connectivity index (χ1) is 17.2. The maximum Gasteiger partial charge on any atom is 0.372 e. The molecule has 3 aromatic carbocycles. The third-order valence-electron chi connectivity index (χ3n) is 5.30. The van der Waals surface area contributed by atoms with E-state index in [4.69, 9.17) is 10.7 Å². The molecule has 36 heavy (non-hydrogen) atoms. The number of nitrogens with two attached hydrogens (primary N) is 1. The maximum atomic E-state index is 13.4. The number of carbonyl (C=O) groups excluding carboxylic acids is 1. The first-order valence-corrected chi connectivity index (χ1v) is 13.5. The van der Waals surface area contributed by atoms with E-state index in [1.807, 2.05) is 48.5 Å². The van der Waals surface area contributed by atoms with Crippen molar-refractivity contribution in [1.82, 2.24) is 14.4 Å². The van der Waals surface area contributed by atoms with E-state index in [2.05, 4.69) is 14.7 Å². The molecule has 0 aliphatic rings. The first kappa shape index (κ1) is 25.3. The van der Waals surface area contributed by atoms with Crippen LogP contribution < -0.4 is 20.4 Å². The van der Waals surface area contributed by atoms with E-state index in [9.17, 15) is 13.2 Å². The van der Waals surface area contributed by atoms with Gasteiger partial charge >= 0.3 is 5.84 Å². The van der Waals surface area contributed by atoms with Crippen LogP contribution in [0.15, 0.2) is 77.7 Å². The molecule has 0 saturated carbocycles. The van der Waals surface area contributed by atoms with Gasteiger partial charge in [-0.1, -0.05) is 30.3 Å². The Morgan fingerprint density at radius 2 is 1.89 bits per heavy atom. The second-order valence-electron chi connectivity index (χ2n) is 8.08. The third kappa shape index (κ3) is 6.05. The second-order valence-corrected chi connectivity index (χ2v) is 10.9. The van der Waals surface area contributed by atoms with Crippen LogP contribution in [0.3, 0.4) is 0 Å². The number of anilines is 1. The van der Waals surface area contributed by atoms with Gasteiger partial charge in [0.15, 0.2) is 6.21 Å². The van der Waals surface area contributed by atoms with E-state index >= 15 is 0 Å². The van der Waals surface area contributed by atoms with Crippen molar-refractivity contribution in [1.29, 1.82) is 0 Å². The molecule has 1 aromatic heterocycles. The largest absolute Gasteiger partial charge is 0.372 e. The molecular formula is C26H26N5O3S2+. The number of amides is 1. The Morgan fingerprint density at radius 1 is 1.11 bits per heavy atom. The summed E-state index contributed by atoms with van der Waals surface area (Å²) in [4.78, 5) is 16.2. The van der Waals surface area contributed by atoms with Crippen LogP contribution >= 0.6 is 11.3 Å². The summed E-state index contributed by atoms with van der Waals surface area (Å²) in [6.07, 6.45) is 1.97. The fraction of sp³-hybridized carbons (Fsp3) is 0.154. The zero-order valence-electron chi connectivity index (χ0n) is 19.8. The summed E-state index contributed by atoms with van der Waals surface area (Å²) < 4.78 is 34.8. The van der Waals surface area contributed by atoms with E-state index in [-0.39, 0.29) is 10.8 Å². The summed E-state index contributed by atoms with van der Waals surface area (Å²) in [6.45, 7) is 3.16. The molecule has 4 rings (SSSR count). The molecule has 0 radical (unpaired) electrons. The van der Waals surface area contributed by atoms with Gasteiger partial charge in [0.25, 0.3) is 0 Å². The van der Waals surface area contributed by atoms with Crippen molar-refractivity contribution in [3.8, 4) is 0 Å². The number of benzene rings is 3. The molecule has 1 unspecified atom stereocenters. The summed E-state index contributed by atoms with van der Waals surface area (Å²) in [5, 5.41) is 3.27. The molecular weight excluding hydrogens is 494 g/mol. The number of nitrogens with one attached hydrogen (secondary N) is 2. The quantitative estimate of drug-likeness (QED) is 0.186. The topological polar surface area (TPSA) is 128 Å². The van der Waals surface area contributed by atoms with E-state index < -0.39 is 16.1 Å². The fourth-order valence-corrected chi connectivity index (χ4v) is 6.06. The van der Waals surface area contributed by atoms with Crippen molar-refractivity contribution in [2.45, 2.75) is 31.2 Å². The summed E-state index contributed by atoms with van der Waals surface area (Å²) in [6, 6.07) is 20.7. The highest BCUT2D eigenvalue weighted by Gasteiger charge is 2.25. The zero-order valence-corrected chi connectivity index (χ0v) is 21.4. The molecule has 0 saturated heterocycles. The number of fused-ring (bicyclic) bond motifs is 1. The molecule has 1 amide bonds. The average molecular weight is 521 g/mol. The number of carbonyl (C=O) groups is 1. The van der Waals surface area contributed by atoms with Gasteiger partial charge in [-0.3, -0.25) is 10.5 Å². The van der Waals surface area contributed by atoms with Crippen LogP contribution in [0.2, 0.25) is 0 Å². The highest BCUT2D eigenvalue weighted by atomic mass is 32.2. The smallest absolute Gasteiger partial charge is 0.326 e. The molecule has 184 valence electrons. The lowest BCUT2D eigenvalue weighted by atomic mass is 10.0. The minimum absolute atomic E-state index is 0.0449. The highest BCUT2D eigenvalue weighted by Crippen LogP contribution is 2.30. The molecule has 8 nitrogen and oxygen atoms in total. The molecule has 0 spiro atoms. The molecule has 0 fully saturated rings. The molecule has 4 aromatic rings. The van der Waals surface area contributed by atoms with Crippen LogP contribution in [-0.2, 0) is 21.2 Å². The molecule has 10 heteroatoms. The number of aromatic nitrogens is 1. The van der Waals surface area contributed by atoms with Gasteiger partial charge in [0.05, 0.1) is 26.7 Å². The van der Waals surface area contributed by atoms with Crippen molar-refractivity contribution in [2.75, 3.05) is 5.32 Å². The lowest BCUT2D eigenvalue weighted by Crippen LogP contribution is -2.30. The summed E-state index contributed by atoms with van der Waals surface area (Å²) in [5.41, 5.74) is 8.89. The second kappa shape index (κ2) is 10.8. The van der Waals surface area contributed by atoms with Crippen LogP contribution in [0.5, 0.6) is 0 Å². The average Bonchev–Trinajstić information content (AvgIpc) is 3.28. The third-order valence-corrected chi connectivity index (χ3v) is 7.92. The number of para-hydroxylation sites is 1. The van der Waals surface area contributed by atoms with Crippen molar-refractivity contribution in [2.24, 2.45) is 5.73 Å². The number of thiazole rings is 1. The Bertz CT molecular complexity index is 1550. The molecule has 4 N–H and O–H groups in total. The van der Waals surface area contributed by atoms with Crippen LogP contribution in [0.4, 0.5) is 5.69 Å². The Labute approximate surface area is 213 Å². The summed E-state index contributed by atoms with van der Waals surface area (Å²) in [7, 11) is -3.95. The highest BCUT2D eigenvalue weighted by molar-refractivity contribution is 7.89. The predicted molar refractivity (Wildman–Crippen MR) is 146 cm³/mol. The Morgan fingerprint density at radius 3 is 2.64 bits per heavy atom. The minimum atomic E-state index is -3.95. The minimum Gasteiger partial charge on any atom is -0.326 e. The van der Waals surface area contributed by atoms with Gasteiger partial charge in [0.1, 0.15) is 5.01 Å². The van der Waals surface area contributed by atoms with E-state index in [1.165, 1.54) is 30.4 Å². The number of rotatable bonds is 8. The van der Waals surface area contributed by atoms with Gasteiger partial charge in [-0.2, -0.15) is 0 Å². The van der Waals surface area contributed by atoms with Crippen molar-refractivity contribution in [3.05, 3.63) is 88.9 Å². The lowest BCUT2D eigenvalue weighted by molar-refractivity contribution is -0.114. The molecule has 1 atom stereocenters. The summed E-state index contributed by atoms with van der Waals surface area (Å²) >= 11 is 1.44. The Kier molecular flexibility index (Phi) is 7.61. The van der Waals surface area contributed by atoms with Crippen molar-refractivity contribution in [3.63, 3.8) is 0 Å². The molecule has 0 bridgehead atoms. The SMILES string of the molecule is CC=[N+]=C(N)c1cccc(CC(NS(=O)(=O)c2cccc(NC(C)=O)c2)c2nc3ccccc3s2)c1. The number of hydrogen-bond acceptors (Lipinski definition) is 5. The standard InChI is InChI=1S/C26H25N5O3S2/c1-3-28-25(27)19-9-6-8-18(14-19)15-23(26-30-22-12-4-5-13-24(22)35-26)31-36(33,34)21-11-7-10-20(16-21)29-17(2)32/h3-14,16,23,27,31H,15H2,1-2H3,(H,29,32)/p+1. The monoisotopic (exact) mass is 520 g/mol. The van der Waals surface area contributed by atoms with Gasteiger partial charge in [-0.25, -0.2) is 22.8 Å². The first-order valence-electron chi connectivity index (χ1n) is 11.2. The van der Waals surface area contributed by atoms with Crippen molar-refractivity contribution >= 4 is 55.2 Å². The van der Waals surface area contributed by atoms with Crippen LogP contribution in [0, 0.1) is 0 Å². The molecule has 1 heterocycles. The maximum absolute atomic E-state index is 13.4. The van der Waals surface area contributed by atoms with Crippen LogP contribution in [-0.4, -0.2) is 31.4 Å². The summed E-state index contributed by atoms with van der Waals surface area (Å²) in [5.74, 6) is 0.0967. The number of amidine groups is 1. The fourth-order valence-electron chi connectivity index (χ4n) is 3.73. The van der Waals surface area contributed by atoms with Crippen LogP contribution in [0.25, 0.3) is 10.2 Å². The zero-order chi connectivity index (χ0) is 25.7. The van der Waals surface area contributed by atoms with Gasteiger partial charge in [0, 0.05) is 19.5 Å². The normalized spacial score (nSPS) is 12.1. The van der Waals surface area contributed by atoms with E-state index in [0.717, 1.165) is 21.3 Å². The number of hydrogen-bond donors (Lipinski definition) is 3. The Balaban J connectivity index is 1.72. The van der Waals surface area contributed by atoms with E-state index in [1.54, 1.807) is 25.3 Å². The van der Waals surface area contributed by atoms with E-state index in [0.29, 0.717) is 23.0 Å². The van der Waals surface area contributed by atoms with Crippen molar-refractivity contribution < 1.29 is 13.2 Å². The Hall–Kier alpha value is -3.82. The van der Waals surface area contributed by atoms with Gasteiger partial charge in [0.2, 0.25) is 15.9 Å². The molecule has 0 aliphatic carbocycles. The predicted octanol–water partition coefficient (Wildman–Crippen LogP) is 3.38. The van der Waals surface area contributed by atoms with Crippen LogP contribution in [0.1, 0.15) is 36.0 Å². The van der Waals surface area contributed by atoms with Gasteiger partial charge in [-0.05, 0) is 54.4 Å². The molecule has 0 aliphatic heterocycles. The lowest BCUT2D eigenvalue weighted by Gasteiger charge is -2.17. The number of sulfonamides is 1. The number of nitrogens with zero attached hydrogens (tertiary/aromatic N) is 2.